The fourth-order valence-corrected chi connectivity index (χ4v) is 4.28. The van der Waals surface area contributed by atoms with Crippen molar-refractivity contribution in [2.75, 3.05) is 12.0 Å². The van der Waals surface area contributed by atoms with Crippen molar-refractivity contribution in [3.63, 3.8) is 0 Å². The first-order valence-electron chi connectivity index (χ1n) is 11.4. The van der Waals surface area contributed by atoms with Crippen LogP contribution >= 0.6 is 11.6 Å². The molecule has 0 aliphatic carbocycles. The number of halogens is 1. The molecule has 190 valence electrons. The van der Waals surface area contributed by atoms with E-state index in [0.29, 0.717) is 17.0 Å². The summed E-state index contributed by atoms with van der Waals surface area (Å²) in [6.45, 7) is 3.47. The number of anilines is 1. The quantitative estimate of drug-likeness (QED) is 0.197. The molecule has 3 aromatic carbocycles. The number of rotatable bonds is 6. The molecule has 2 N–H and O–H groups in total. The van der Waals surface area contributed by atoms with Gasteiger partial charge >= 0.3 is 5.97 Å². The molecule has 1 unspecified atom stereocenters. The minimum atomic E-state index is -1.05. The molecule has 8 nitrogen and oxygen atoms in total. The first-order chi connectivity index (χ1) is 17.6. The van der Waals surface area contributed by atoms with Crippen LogP contribution in [0.2, 0.25) is 5.02 Å². The number of ketones is 1. The van der Waals surface area contributed by atoms with E-state index < -0.39 is 29.5 Å². The van der Waals surface area contributed by atoms with Crippen molar-refractivity contribution in [1.82, 2.24) is 0 Å². The second-order valence-electron chi connectivity index (χ2n) is 8.61. The first kappa shape index (κ1) is 25.8. The highest BCUT2D eigenvalue weighted by Gasteiger charge is 2.47. The molecule has 0 bridgehead atoms. The Morgan fingerprint density at radius 1 is 1.00 bits per heavy atom. The molecular formula is C28H24ClNO7. The van der Waals surface area contributed by atoms with Crippen molar-refractivity contribution >= 4 is 40.7 Å². The molecule has 37 heavy (non-hydrogen) atoms. The molecule has 0 spiro atoms. The van der Waals surface area contributed by atoms with Gasteiger partial charge in [0.25, 0.3) is 11.7 Å². The van der Waals surface area contributed by atoms with Crippen LogP contribution in [0.25, 0.3) is 5.76 Å². The number of hydrogen-bond acceptors (Lipinski definition) is 7. The van der Waals surface area contributed by atoms with Gasteiger partial charge in [-0.1, -0.05) is 23.7 Å². The Morgan fingerprint density at radius 3 is 2.24 bits per heavy atom. The van der Waals surface area contributed by atoms with Gasteiger partial charge in [-0.15, -0.1) is 0 Å². The zero-order chi connectivity index (χ0) is 26.9. The van der Waals surface area contributed by atoms with E-state index in [9.17, 15) is 24.6 Å². The number of esters is 1. The van der Waals surface area contributed by atoms with Gasteiger partial charge in [0.05, 0.1) is 35.4 Å². The van der Waals surface area contributed by atoms with Gasteiger partial charge in [0.15, 0.2) is 0 Å². The Kier molecular flexibility index (Phi) is 7.22. The summed E-state index contributed by atoms with van der Waals surface area (Å²) in [4.78, 5) is 40.1. The summed E-state index contributed by atoms with van der Waals surface area (Å²) in [5.41, 5.74) is 0.986. The highest BCUT2D eigenvalue weighted by Crippen LogP contribution is 2.43. The van der Waals surface area contributed by atoms with E-state index in [-0.39, 0.29) is 33.6 Å². The molecular weight excluding hydrogens is 498 g/mol. The van der Waals surface area contributed by atoms with Crippen LogP contribution in [0.4, 0.5) is 5.69 Å². The molecule has 1 fully saturated rings. The van der Waals surface area contributed by atoms with Crippen molar-refractivity contribution in [2.24, 2.45) is 0 Å². The normalized spacial score (nSPS) is 16.8. The number of nitrogens with zero attached hydrogens (tertiary/aromatic N) is 1. The number of phenolic OH excluding ortho intramolecular Hbond substituents is 1. The minimum Gasteiger partial charge on any atom is -0.508 e. The highest BCUT2D eigenvalue weighted by molar-refractivity contribution is 6.52. The number of ether oxygens (including phenoxy) is 2. The number of phenols is 1. The molecule has 0 saturated carbocycles. The summed E-state index contributed by atoms with van der Waals surface area (Å²) < 4.78 is 10.4. The van der Waals surface area contributed by atoms with E-state index in [1.807, 2.05) is 0 Å². The van der Waals surface area contributed by atoms with Crippen LogP contribution < -0.4 is 9.64 Å². The molecule has 1 atom stereocenters. The predicted molar refractivity (Wildman–Crippen MR) is 138 cm³/mol. The maximum atomic E-state index is 13.3. The lowest BCUT2D eigenvalue weighted by Gasteiger charge is -2.25. The van der Waals surface area contributed by atoms with Gasteiger partial charge in [0.2, 0.25) is 0 Å². The van der Waals surface area contributed by atoms with Crippen LogP contribution in [0.1, 0.15) is 41.4 Å². The van der Waals surface area contributed by atoms with E-state index in [1.54, 1.807) is 32.0 Å². The maximum absolute atomic E-state index is 13.3. The third-order valence-electron chi connectivity index (χ3n) is 5.81. The second-order valence-corrected chi connectivity index (χ2v) is 9.01. The molecule has 3 aromatic rings. The molecule has 1 amide bonds. The van der Waals surface area contributed by atoms with E-state index >= 15 is 0 Å². The Bertz CT molecular complexity index is 1400. The molecule has 0 radical (unpaired) electrons. The number of benzene rings is 3. The first-order valence-corrected chi connectivity index (χ1v) is 11.7. The van der Waals surface area contributed by atoms with Crippen LogP contribution in [-0.4, -0.2) is 41.1 Å². The van der Waals surface area contributed by atoms with Crippen molar-refractivity contribution in [2.45, 2.75) is 26.0 Å². The smallest absolute Gasteiger partial charge is 0.338 e. The summed E-state index contributed by atoms with van der Waals surface area (Å²) in [5, 5.41) is 21.2. The third kappa shape index (κ3) is 5.01. The molecule has 1 aliphatic heterocycles. The summed E-state index contributed by atoms with van der Waals surface area (Å²) >= 11 is 6.33. The van der Waals surface area contributed by atoms with E-state index in [1.165, 1.54) is 60.5 Å². The number of carbonyl (C=O) groups is 3. The van der Waals surface area contributed by atoms with Gasteiger partial charge in [-0.3, -0.25) is 14.5 Å². The lowest BCUT2D eigenvalue weighted by atomic mass is 9.95. The number of carbonyl (C=O) groups excluding carboxylic acids is 3. The highest BCUT2D eigenvalue weighted by atomic mass is 35.5. The average molecular weight is 522 g/mol. The summed E-state index contributed by atoms with van der Waals surface area (Å²) in [7, 11) is 1.45. The Hall–Kier alpha value is -4.30. The van der Waals surface area contributed by atoms with Crippen LogP contribution in [0.3, 0.4) is 0 Å². The Balaban J connectivity index is 1.87. The molecule has 9 heteroatoms. The van der Waals surface area contributed by atoms with E-state index in [4.69, 9.17) is 21.1 Å². The van der Waals surface area contributed by atoms with Crippen molar-refractivity contribution in [3.05, 3.63) is 94.0 Å². The largest absolute Gasteiger partial charge is 0.508 e. The number of Topliss-reactive ketones (excluding diaryl/α,β-unsaturated/α-hetero) is 1. The number of amides is 1. The molecule has 4 rings (SSSR count). The lowest BCUT2D eigenvalue weighted by Crippen LogP contribution is -2.29. The van der Waals surface area contributed by atoms with E-state index in [2.05, 4.69) is 0 Å². The van der Waals surface area contributed by atoms with Crippen molar-refractivity contribution < 1.29 is 34.1 Å². The Morgan fingerprint density at radius 2 is 1.65 bits per heavy atom. The lowest BCUT2D eigenvalue weighted by molar-refractivity contribution is -0.132. The monoisotopic (exact) mass is 521 g/mol. The van der Waals surface area contributed by atoms with Crippen molar-refractivity contribution in [3.8, 4) is 11.5 Å². The number of methoxy groups -OCH3 is 1. The fourth-order valence-electron chi connectivity index (χ4n) is 4.07. The van der Waals surface area contributed by atoms with Gasteiger partial charge in [-0.25, -0.2) is 4.79 Å². The molecule has 1 heterocycles. The molecule has 1 aliphatic rings. The minimum absolute atomic E-state index is 0.00967. The number of hydrogen-bond donors (Lipinski definition) is 2. The topological polar surface area (TPSA) is 113 Å². The molecule has 0 aromatic heterocycles. The van der Waals surface area contributed by atoms with Gasteiger partial charge in [0.1, 0.15) is 17.3 Å². The van der Waals surface area contributed by atoms with Gasteiger partial charge in [-0.05, 0) is 74.0 Å². The zero-order valence-electron chi connectivity index (χ0n) is 20.3. The summed E-state index contributed by atoms with van der Waals surface area (Å²) in [5.74, 6) is -2.41. The molecule has 1 saturated heterocycles. The maximum Gasteiger partial charge on any atom is 0.338 e. The number of aliphatic hydroxyl groups is 1. The van der Waals surface area contributed by atoms with Gasteiger partial charge < -0.3 is 19.7 Å². The Labute approximate surface area is 218 Å². The van der Waals surface area contributed by atoms with Gasteiger partial charge in [-0.2, -0.15) is 0 Å². The average Bonchev–Trinajstić information content (AvgIpc) is 3.14. The van der Waals surface area contributed by atoms with Crippen LogP contribution in [0, 0.1) is 0 Å². The standard InChI is InChI=1S/C28H24ClNO7/c1-15(2)37-28(35)17-4-8-18(9-5-17)30-24(16-6-10-19(31)11-7-16)23(26(33)27(30)34)25(32)21-14-20(36-3)12-13-22(21)29/h4-15,24,31-32H,1-3H3/b25-23+. The fraction of sp³-hybridized carbons (Fsp3) is 0.179. The number of aromatic hydroxyl groups is 1. The van der Waals surface area contributed by atoms with E-state index in [0.717, 1.165) is 0 Å². The summed E-state index contributed by atoms with van der Waals surface area (Å²) in [6, 6.07) is 15.5. The summed E-state index contributed by atoms with van der Waals surface area (Å²) in [6.07, 6.45) is -0.303. The number of aliphatic hydroxyl groups excluding tert-OH is 1. The van der Waals surface area contributed by atoms with Gasteiger partial charge in [0, 0.05) is 11.3 Å². The van der Waals surface area contributed by atoms with Crippen LogP contribution in [0.15, 0.2) is 72.3 Å². The van der Waals surface area contributed by atoms with Crippen LogP contribution in [0.5, 0.6) is 11.5 Å². The predicted octanol–water partition coefficient (Wildman–Crippen LogP) is 5.25. The third-order valence-corrected chi connectivity index (χ3v) is 6.14. The second kappa shape index (κ2) is 10.4. The SMILES string of the molecule is COc1ccc(Cl)c(/C(O)=C2\C(=O)C(=O)N(c3ccc(C(=O)OC(C)C)cc3)C2c2ccc(O)cc2)c1. The van der Waals surface area contributed by atoms with Crippen LogP contribution in [-0.2, 0) is 14.3 Å². The van der Waals surface area contributed by atoms with Crippen molar-refractivity contribution in [1.29, 1.82) is 0 Å². The zero-order valence-corrected chi connectivity index (χ0v) is 21.0.